The average Bonchev–Trinajstić information content (AvgIpc) is 3.39. The zero-order valence-electron chi connectivity index (χ0n) is 18.8. The molecule has 5 rings (SSSR count). The first kappa shape index (κ1) is 21.5. The van der Waals surface area contributed by atoms with Crippen molar-refractivity contribution < 1.29 is 13.2 Å². The van der Waals surface area contributed by atoms with E-state index in [4.69, 9.17) is 0 Å². The van der Waals surface area contributed by atoms with E-state index < -0.39 is 9.84 Å². The van der Waals surface area contributed by atoms with Gasteiger partial charge in [0.1, 0.15) is 6.54 Å². The zero-order chi connectivity index (χ0) is 23.2. The van der Waals surface area contributed by atoms with Crippen LogP contribution in [0.3, 0.4) is 0 Å². The second kappa shape index (κ2) is 8.19. The third-order valence-corrected chi connectivity index (χ3v) is 8.12. The molecule has 0 N–H and O–H groups in total. The summed E-state index contributed by atoms with van der Waals surface area (Å²) in [7, 11) is -3.61. The maximum absolute atomic E-state index is 13.5. The van der Waals surface area contributed by atoms with E-state index in [1.54, 1.807) is 15.7 Å². The van der Waals surface area contributed by atoms with E-state index in [1.807, 2.05) is 80.6 Å². The Kier molecular flexibility index (Phi) is 5.33. The number of anilines is 1. The van der Waals surface area contributed by atoms with Crippen molar-refractivity contribution in [3.05, 3.63) is 95.2 Å². The summed E-state index contributed by atoms with van der Waals surface area (Å²) >= 11 is 0. The summed E-state index contributed by atoms with van der Waals surface area (Å²) in [5, 5.41) is 0.650. The molecule has 0 saturated heterocycles. The number of amides is 1. The van der Waals surface area contributed by atoms with Crippen LogP contribution in [0.2, 0.25) is 0 Å². The van der Waals surface area contributed by atoms with Gasteiger partial charge in [-0.05, 0) is 49.1 Å². The molecule has 0 fully saturated rings. The number of fused-ring (bicyclic) bond motifs is 2. The third-order valence-electron chi connectivity index (χ3n) is 6.43. The molecule has 5 nitrogen and oxygen atoms in total. The molecular weight excluding hydrogens is 432 g/mol. The second-order valence-corrected chi connectivity index (χ2v) is 10.7. The number of rotatable bonds is 5. The smallest absolute Gasteiger partial charge is 0.246 e. The largest absolute Gasteiger partial charge is 0.337 e. The van der Waals surface area contributed by atoms with E-state index in [-0.39, 0.29) is 23.1 Å². The molecule has 168 valence electrons. The lowest BCUT2D eigenvalue weighted by Gasteiger charge is -2.18. The van der Waals surface area contributed by atoms with Gasteiger partial charge in [-0.1, -0.05) is 60.2 Å². The lowest BCUT2D eigenvalue weighted by atomic mass is 10.1. The monoisotopic (exact) mass is 458 g/mol. The summed E-state index contributed by atoms with van der Waals surface area (Å²) in [6, 6.07) is 21.2. The summed E-state index contributed by atoms with van der Waals surface area (Å²) in [5.41, 5.74) is 5.65. The highest BCUT2D eigenvalue weighted by atomic mass is 32.2. The Balaban J connectivity index is 1.50. The molecule has 0 atom stereocenters. The van der Waals surface area contributed by atoms with E-state index in [2.05, 4.69) is 0 Å². The Hall–Kier alpha value is -3.38. The number of carbonyl (C=O) groups is 1. The van der Waals surface area contributed by atoms with Crippen LogP contribution >= 0.6 is 0 Å². The number of aromatic nitrogens is 1. The maximum atomic E-state index is 13.5. The predicted molar refractivity (Wildman–Crippen MR) is 131 cm³/mol. The lowest BCUT2D eigenvalue weighted by molar-refractivity contribution is -0.119. The number of nitrogens with zero attached hydrogens (tertiary/aromatic N) is 2. The number of sulfone groups is 1. The Morgan fingerprint density at radius 1 is 0.970 bits per heavy atom. The van der Waals surface area contributed by atoms with Gasteiger partial charge in [0, 0.05) is 29.3 Å². The summed E-state index contributed by atoms with van der Waals surface area (Å²) in [6.07, 6.45) is 2.47. The molecule has 0 spiro atoms. The first-order valence-corrected chi connectivity index (χ1v) is 12.7. The van der Waals surface area contributed by atoms with E-state index in [9.17, 15) is 13.2 Å². The SMILES string of the molecule is Cc1ccc(C)c(CS(=O)(=O)c2cn(CC(=O)N3CCc4ccccc43)c3ccccc23)c1. The van der Waals surface area contributed by atoms with Crippen LogP contribution in [-0.4, -0.2) is 25.4 Å². The van der Waals surface area contributed by atoms with E-state index in [0.29, 0.717) is 11.9 Å². The molecule has 0 radical (unpaired) electrons. The minimum atomic E-state index is -3.61. The Morgan fingerprint density at radius 2 is 1.73 bits per heavy atom. The van der Waals surface area contributed by atoms with Crippen LogP contribution in [-0.2, 0) is 33.4 Å². The first-order chi connectivity index (χ1) is 15.8. The number of benzene rings is 3. The van der Waals surface area contributed by atoms with E-state index >= 15 is 0 Å². The van der Waals surface area contributed by atoms with Gasteiger partial charge in [-0.3, -0.25) is 4.79 Å². The highest BCUT2D eigenvalue weighted by Gasteiger charge is 2.27. The molecule has 4 aromatic rings. The number of aryl methyl sites for hydroxylation is 2. The second-order valence-electron chi connectivity index (χ2n) is 8.75. The van der Waals surface area contributed by atoms with Gasteiger partial charge in [0.2, 0.25) is 5.91 Å². The highest BCUT2D eigenvalue weighted by molar-refractivity contribution is 7.90. The molecule has 0 bridgehead atoms. The first-order valence-electron chi connectivity index (χ1n) is 11.1. The number of hydrogen-bond donors (Lipinski definition) is 0. The Bertz CT molecular complexity index is 1480. The van der Waals surface area contributed by atoms with Crippen LogP contribution in [0.5, 0.6) is 0 Å². The van der Waals surface area contributed by atoms with Crippen molar-refractivity contribution in [3.8, 4) is 0 Å². The molecule has 6 heteroatoms. The normalized spacial score (nSPS) is 13.5. The van der Waals surface area contributed by atoms with Crippen LogP contribution in [0, 0.1) is 13.8 Å². The van der Waals surface area contributed by atoms with Crippen molar-refractivity contribution in [3.63, 3.8) is 0 Å². The average molecular weight is 459 g/mol. The van der Waals surface area contributed by atoms with Gasteiger partial charge in [0.05, 0.1) is 10.6 Å². The van der Waals surface area contributed by atoms with Gasteiger partial charge >= 0.3 is 0 Å². The van der Waals surface area contributed by atoms with Gasteiger partial charge in [0.25, 0.3) is 0 Å². The fraction of sp³-hybridized carbons (Fsp3) is 0.222. The molecule has 0 saturated carbocycles. The minimum absolute atomic E-state index is 0.0424. The van der Waals surface area contributed by atoms with Gasteiger partial charge < -0.3 is 9.47 Å². The molecule has 3 aromatic carbocycles. The van der Waals surface area contributed by atoms with Crippen molar-refractivity contribution in [2.75, 3.05) is 11.4 Å². The number of hydrogen-bond acceptors (Lipinski definition) is 3. The molecule has 0 unspecified atom stereocenters. The Labute approximate surface area is 194 Å². The fourth-order valence-electron chi connectivity index (χ4n) is 4.66. The Morgan fingerprint density at radius 3 is 2.58 bits per heavy atom. The van der Waals surface area contributed by atoms with Crippen LogP contribution in [0.4, 0.5) is 5.69 Å². The molecular formula is C27H26N2O3S. The molecule has 2 heterocycles. The summed E-state index contributed by atoms with van der Waals surface area (Å²) in [6.45, 7) is 4.63. The highest BCUT2D eigenvalue weighted by Crippen LogP contribution is 2.31. The van der Waals surface area contributed by atoms with Crippen molar-refractivity contribution in [2.24, 2.45) is 0 Å². The van der Waals surface area contributed by atoms with Crippen molar-refractivity contribution >= 4 is 32.3 Å². The summed E-state index contributed by atoms with van der Waals surface area (Å²) < 4.78 is 28.8. The van der Waals surface area contributed by atoms with Gasteiger partial charge in [-0.15, -0.1) is 0 Å². The third kappa shape index (κ3) is 3.95. The number of para-hydroxylation sites is 2. The van der Waals surface area contributed by atoms with Gasteiger partial charge in [-0.25, -0.2) is 8.42 Å². The molecule has 1 aliphatic rings. The zero-order valence-corrected chi connectivity index (χ0v) is 19.6. The van der Waals surface area contributed by atoms with Crippen LogP contribution < -0.4 is 4.90 Å². The predicted octanol–water partition coefficient (Wildman–Crippen LogP) is 4.82. The topological polar surface area (TPSA) is 59.4 Å². The minimum Gasteiger partial charge on any atom is -0.337 e. The van der Waals surface area contributed by atoms with Crippen LogP contribution in [0.15, 0.2) is 77.8 Å². The van der Waals surface area contributed by atoms with E-state index in [1.165, 1.54) is 5.56 Å². The fourth-order valence-corrected chi connectivity index (χ4v) is 6.33. The van der Waals surface area contributed by atoms with Gasteiger partial charge in [-0.2, -0.15) is 0 Å². The quantitative estimate of drug-likeness (QED) is 0.431. The van der Waals surface area contributed by atoms with Crippen molar-refractivity contribution in [1.29, 1.82) is 0 Å². The van der Waals surface area contributed by atoms with Crippen molar-refractivity contribution in [1.82, 2.24) is 4.57 Å². The van der Waals surface area contributed by atoms with Crippen LogP contribution in [0.1, 0.15) is 22.3 Å². The molecule has 1 aliphatic heterocycles. The molecule has 1 aromatic heterocycles. The van der Waals surface area contributed by atoms with E-state index in [0.717, 1.165) is 34.3 Å². The molecule has 33 heavy (non-hydrogen) atoms. The maximum Gasteiger partial charge on any atom is 0.246 e. The summed E-state index contributed by atoms with van der Waals surface area (Å²) in [5.74, 6) is -0.110. The molecule has 0 aliphatic carbocycles. The number of carbonyl (C=O) groups excluding carboxylic acids is 1. The molecule has 1 amide bonds. The summed E-state index contributed by atoms with van der Waals surface area (Å²) in [4.78, 5) is 15.3. The van der Waals surface area contributed by atoms with Gasteiger partial charge in [0.15, 0.2) is 9.84 Å². The lowest BCUT2D eigenvalue weighted by Crippen LogP contribution is -2.32. The van der Waals surface area contributed by atoms with Crippen molar-refractivity contribution in [2.45, 2.75) is 37.5 Å². The standard InChI is InChI=1S/C27H26N2O3S/c1-19-11-12-20(2)22(15-19)18-33(31,32)26-16-28(25-10-6-4-8-23(25)26)17-27(30)29-14-13-21-7-3-5-9-24(21)29/h3-12,15-16H,13-14,17-18H2,1-2H3. The van der Waals surface area contributed by atoms with Crippen LogP contribution in [0.25, 0.3) is 10.9 Å².